The highest BCUT2D eigenvalue weighted by atomic mass is 19.4. The third-order valence-electron chi connectivity index (χ3n) is 4.46. The molecule has 6 nitrogen and oxygen atoms in total. The van der Waals surface area contributed by atoms with Gasteiger partial charge in [-0.3, -0.25) is 9.80 Å². The maximum Gasteiger partial charge on any atom is 0.451 e. The SMILES string of the molecule is CC(C)(C)OC(=O)C1CN1n1c(C(F)(F)F)nc2cccc(C(C)(C)C)c2c1=O. The molecule has 1 aliphatic heterocycles. The molecule has 0 amide bonds. The fourth-order valence-corrected chi connectivity index (χ4v) is 3.19. The molecule has 1 aromatic heterocycles. The quantitative estimate of drug-likeness (QED) is 0.560. The van der Waals surface area contributed by atoms with Crippen LogP contribution in [0.4, 0.5) is 13.2 Å². The van der Waals surface area contributed by atoms with Crippen LogP contribution < -0.4 is 10.6 Å². The van der Waals surface area contributed by atoms with E-state index in [4.69, 9.17) is 4.74 Å². The lowest BCUT2D eigenvalue weighted by atomic mass is 9.85. The molecule has 1 aliphatic rings. The summed E-state index contributed by atoms with van der Waals surface area (Å²) in [4.78, 5) is 29.3. The zero-order valence-corrected chi connectivity index (χ0v) is 17.2. The minimum atomic E-state index is -4.87. The smallest absolute Gasteiger partial charge is 0.451 e. The van der Waals surface area contributed by atoms with E-state index in [1.54, 1.807) is 32.9 Å². The van der Waals surface area contributed by atoms with Crippen molar-refractivity contribution >= 4 is 16.9 Å². The standard InChI is InChI=1S/C20H24F3N3O3/c1-18(2,3)11-8-7-9-12-14(11)15(27)26(17(24-12)20(21,22)23)25-10-13(25)16(28)29-19(4,5)6/h7-9,13H,10H2,1-6H3. The van der Waals surface area contributed by atoms with Gasteiger partial charge < -0.3 is 4.74 Å². The number of aromatic nitrogens is 2. The molecule has 0 bridgehead atoms. The van der Waals surface area contributed by atoms with Gasteiger partial charge in [-0.1, -0.05) is 32.9 Å². The van der Waals surface area contributed by atoms with Crippen LogP contribution in [-0.2, 0) is 21.1 Å². The number of hydrogen-bond donors (Lipinski definition) is 0. The molecule has 1 atom stereocenters. The van der Waals surface area contributed by atoms with E-state index in [9.17, 15) is 22.8 Å². The molecule has 0 saturated carbocycles. The summed E-state index contributed by atoms with van der Waals surface area (Å²) in [7, 11) is 0. The monoisotopic (exact) mass is 411 g/mol. The topological polar surface area (TPSA) is 64.2 Å². The van der Waals surface area contributed by atoms with Crippen molar-refractivity contribution in [3.63, 3.8) is 0 Å². The van der Waals surface area contributed by atoms with E-state index in [1.165, 1.54) is 6.07 Å². The predicted octanol–water partition coefficient (Wildman–Crippen LogP) is 3.37. The zero-order valence-electron chi connectivity index (χ0n) is 17.2. The Bertz CT molecular complexity index is 1030. The fraction of sp³-hybridized carbons (Fsp3) is 0.550. The number of esters is 1. The number of ether oxygens (including phenoxy) is 1. The molecule has 29 heavy (non-hydrogen) atoms. The van der Waals surface area contributed by atoms with Crippen molar-refractivity contribution in [3.8, 4) is 0 Å². The van der Waals surface area contributed by atoms with E-state index in [2.05, 4.69) is 4.98 Å². The summed E-state index contributed by atoms with van der Waals surface area (Å²) in [6.45, 7) is 10.5. The van der Waals surface area contributed by atoms with Crippen LogP contribution in [0.3, 0.4) is 0 Å². The van der Waals surface area contributed by atoms with E-state index in [1.807, 2.05) is 20.8 Å². The lowest BCUT2D eigenvalue weighted by molar-refractivity contribution is -0.155. The molecule has 1 saturated heterocycles. The van der Waals surface area contributed by atoms with Gasteiger partial charge in [0.2, 0.25) is 5.82 Å². The lowest BCUT2D eigenvalue weighted by Crippen LogP contribution is -2.40. The van der Waals surface area contributed by atoms with E-state index in [0.717, 1.165) is 5.01 Å². The number of nitrogens with zero attached hydrogens (tertiary/aromatic N) is 3. The van der Waals surface area contributed by atoms with Gasteiger partial charge in [0.25, 0.3) is 5.56 Å². The summed E-state index contributed by atoms with van der Waals surface area (Å²) in [5, 5.41) is 1.16. The Balaban J connectivity index is 2.20. The molecule has 3 rings (SSSR count). The second-order valence-electron chi connectivity index (χ2n) is 9.17. The van der Waals surface area contributed by atoms with Crippen molar-refractivity contribution in [2.45, 2.75) is 64.8 Å². The molecule has 158 valence electrons. The Labute approximate surface area is 166 Å². The molecule has 2 aromatic rings. The first-order chi connectivity index (χ1) is 13.1. The normalized spacial score (nSPS) is 17.6. The van der Waals surface area contributed by atoms with Gasteiger partial charge in [0.15, 0.2) is 6.04 Å². The number of hydrogen-bond acceptors (Lipinski definition) is 5. The van der Waals surface area contributed by atoms with Crippen LogP contribution in [-0.4, -0.2) is 33.8 Å². The third kappa shape index (κ3) is 4.09. The molecule has 0 aliphatic carbocycles. The second-order valence-corrected chi connectivity index (χ2v) is 9.17. The largest absolute Gasteiger partial charge is 0.458 e. The first-order valence-electron chi connectivity index (χ1n) is 9.24. The molecule has 1 unspecified atom stereocenters. The Morgan fingerprint density at radius 3 is 2.28 bits per heavy atom. The molecule has 1 aromatic carbocycles. The van der Waals surface area contributed by atoms with Gasteiger partial charge in [-0.15, -0.1) is 0 Å². The van der Waals surface area contributed by atoms with Crippen molar-refractivity contribution in [2.24, 2.45) is 0 Å². The van der Waals surface area contributed by atoms with Gasteiger partial charge in [-0.2, -0.15) is 17.8 Å². The summed E-state index contributed by atoms with van der Waals surface area (Å²) in [5.41, 5.74) is -1.56. The molecule has 0 N–H and O–H groups in total. The Hall–Kier alpha value is -2.58. The zero-order chi connectivity index (χ0) is 21.9. The Morgan fingerprint density at radius 1 is 1.14 bits per heavy atom. The molecule has 1 fully saturated rings. The second kappa shape index (κ2) is 6.47. The number of fused-ring (bicyclic) bond motifs is 1. The first-order valence-corrected chi connectivity index (χ1v) is 9.24. The molecule has 0 spiro atoms. The highest BCUT2D eigenvalue weighted by molar-refractivity contribution is 5.85. The summed E-state index contributed by atoms with van der Waals surface area (Å²) in [6.07, 6.45) is -4.87. The van der Waals surface area contributed by atoms with Crippen LogP contribution in [0.2, 0.25) is 0 Å². The minimum Gasteiger partial charge on any atom is -0.458 e. The van der Waals surface area contributed by atoms with Gasteiger partial charge in [0.05, 0.1) is 17.4 Å². The van der Waals surface area contributed by atoms with E-state index in [-0.39, 0.29) is 17.4 Å². The third-order valence-corrected chi connectivity index (χ3v) is 4.46. The van der Waals surface area contributed by atoms with Crippen LogP contribution in [0.1, 0.15) is 52.9 Å². The van der Waals surface area contributed by atoms with Crippen molar-refractivity contribution in [2.75, 3.05) is 11.6 Å². The molecular weight excluding hydrogens is 387 g/mol. The summed E-state index contributed by atoms with van der Waals surface area (Å²) >= 11 is 0. The van der Waals surface area contributed by atoms with E-state index in [0.29, 0.717) is 10.2 Å². The van der Waals surface area contributed by atoms with Crippen molar-refractivity contribution in [1.29, 1.82) is 0 Å². The Morgan fingerprint density at radius 2 is 1.76 bits per heavy atom. The lowest BCUT2D eigenvalue weighted by Gasteiger charge is -2.23. The van der Waals surface area contributed by atoms with Gasteiger partial charge in [-0.05, 0) is 37.8 Å². The van der Waals surface area contributed by atoms with Gasteiger partial charge >= 0.3 is 12.1 Å². The first kappa shape index (κ1) is 21.1. The van der Waals surface area contributed by atoms with E-state index >= 15 is 0 Å². The number of rotatable bonds is 2. The average Bonchev–Trinajstić information content (AvgIpc) is 3.31. The van der Waals surface area contributed by atoms with Crippen LogP contribution >= 0.6 is 0 Å². The number of benzene rings is 1. The number of carbonyl (C=O) groups is 1. The number of halogens is 3. The molecular formula is C20H24F3N3O3. The van der Waals surface area contributed by atoms with Crippen LogP contribution in [0, 0.1) is 0 Å². The van der Waals surface area contributed by atoms with Crippen LogP contribution in [0.15, 0.2) is 23.0 Å². The summed E-state index contributed by atoms with van der Waals surface area (Å²) in [5.74, 6) is -2.03. The molecule has 2 heterocycles. The molecule has 9 heteroatoms. The maximum atomic E-state index is 13.7. The van der Waals surface area contributed by atoms with Crippen molar-refractivity contribution < 1.29 is 22.7 Å². The van der Waals surface area contributed by atoms with Gasteiger partial charge in [-0.25, -0.2) is 9.78 Å². The van der Waals surface area contributed by atoms with Gasteiger partial charge in [0.1, 0.15) is 5.60 Å². The fourth-order valence-electron chi connectivity index (χ4n) is 3.19. The van der Waals surface area contributed by atoms with E-state index < -0.39 is 40.6 Å². The van der Waals surface area contributed by atoms with Crippen molar-refractivity contribution in [3.05, 3.63) is 39.9 Å². The van der Waals surface area contributed by atoms with Crippen LogP contribution in [0.5, 0.6) is 0 Å². The van der Waals surface area contributed by atoms with Gasteiger partial charge in [0, 0.05) is 0 Å². The number of carbonyl (C=O) groups excluding carboxylic acids is 1. The minimum absolute atomic E-state index is 0.0262. The Kier molecular flexibility index (Phi) is 4.71. The maximum absolute atomic E-state index is 13.7. The highest BCUT2D eigenvalue weighted by Crippen LogP contribution is 2.33. The summed E-state index contributed by atoms with van der Waals surface area (Å²) < 4.78 is 46.9. The highest BCUT2D eigenvalue weighted by Gasteiger charge is 2.49. The number of alkyl halides is 3. The predicted molar refractivity (Wildman–Crippen MR) is 102 cm³/mol. The molecule has 0 radical (unpaired) electrons. The van der Waals surface area contributed by atoms with Crippen LogP contribution in [0.25, 0.3) is 10.9 Å². The average molecular weight is 411 g/mol. The summed E-state index contributed by atoms with van der Waals surface area (Å²) in [6, 6.07) is 3.71. The van der Waals surface area contributed by atoms with Crippen molar-refractivity contribution in [1.82, 2.24) is 9.66 Å².